The average molecular weight is 513 g/mol. The lowest BCUT2D eigenvalue weighted by Gasteiger charge is -2.26. The van der Waals surface area contributed by atoms with Crippen LogP contribution < -0.4 is 15.5 Å². The van der Waals surface area contributed by atoms with E-state index >= 15 is 0 Å². The number of aromatic nitrogens is 2. The van der Waals surface area contributed by atoms with E-state index in [0.717, 1.165) is 32.1 Å². The summed E-state index contributed by atoms with van der Waals surface area (Å²) in [7, 11) is 7.91. The zero-order chi connectivity index (χ0) is 20.5. The maximum atomic E-state index is 4.36. The Balaban J connectivity index is 0.00000420. The van der Waals surface area contributed by atoms with E-state index in [2.05, 4.69) is 88.9 Å². The minimum atomic E-state index is 0. The third kappa shape index (κ3) is 7.85. The molecule has 1 atom stereocenters. The maximum Gasteiger partial charge on any atom is 0.191 e. The molecule has 0 bridgehead atoms. The second-order valence-electron chi connectivity index (χ2n) is 7.23. The van der Waals surface area contributed by atoms with Crippen LogP contribution in [-0.4, -0.2) is 68.0 Å². The molecule has 0 aliphatic carbocycles. The molecule has 0 fully saturated rings. The molecule has 2 N–H and O–H groups in total. The predicted molar refractivity (Wildman–Crippen MR) is 133 cm³/mol. The minimum Gasteiger partial charge on any atom is -0.370 e. The highest BCUT2D eigenvalue weighted by Gasteiger charge is 2.16. The topological polar surface area (TPSA) is 60.7 Å². The quantitative estimate of drug-likeness (QED) is 0.307. The lowest BCUT2D eigenvalue weighted by Crippen LogP contribution is -2.44. The molecular weight excluding hydrogens is 477 g/mol. The van der Waals surface area contributed by atoms with Gasteiger partial charge in [-0.25, -0.2) is 0 Å². The number of hydrogen-bond donors (Lipinski definition) is 2. The number of benzene rings is 1. The summed E-state index contributed by atoms with van der Waals surface area (Å²) in [5, 5.41) is 11.2. The van der Waals surface area contributed by atoms with Gasteiger partial charge in [0.15, 0.2) is 5.96 Å². The van der Waals surface area contributed by atoms with Crippen molar-refractivity contribution in [2.75, 3.05) is 52.2 Å². The van der Waals surface area contributed by atoms with Gasteiger partial charge in [0.2, 0.25) is 0 Å². The standard InChI is InChI=1S/C21H35N7.HI/c1-7-28(19-10-8-9-17(2)13-19)12-11-23-21(22-3)24-15-20(26(4)5)18-14-25-27(6)16-18;/h8-10,13-14,16,20H,7,11-12,15H2,1-6H3,(H2,22,23,24);1H. The molecule has 0 radical (unpaired) electrons. The number of anilines is 1. The number of halogens is 1. The first-order chi connectivity index (χ1) is 13.4. The molecule has 0 saturated carbocycles. The highest BCUT2D eigenvalue weighted by Crippen LogP contribution is 2.16. The highest BCUT2D eigenvalue weighted by atomic mass is 127. The van der Waals surface area contributed by atoms with Crippen LogP contribution in [-0.2, 0) is 7.05 Å². The first kappa shape index (κ1) is 25.2. The predicted octanol–water partition coefficient (Wildman–Crippen LogP) is 2.64. The van der Waals surface area contributed by atoms with Gasteiger partial charge >= 0.3 is 0 Å². The zero-order valence-electron chi connectivity index (χ0n) is 18.5. The number of guanidine groups is 1. The van der Waals surface area contributed by atoms with Gasteiger partial charge in [0.05, 0.1) is 12.2 Å². The Hall–Kier alpha value is -1.81. The number of aliphatic imine (C=N–C) groups is 1. The molecule has 2 rings (SSSR count). The first-order valence-electron chi connectivity index (χ1n) is 9.85. The monoisotopic (exact) mass is 513 g/mol. The molecule has 0 saturated heterocycles. The van der Waals surface area contributed by atoms with E-state index in [9.17, 15) is 0 Å². The van der Waals surface area contributed by atoms with Crippen LogP contribution in [0.5, 0.6) is 0 Å². The normalized spacial score (nSPS) is 12.4. The fourth-order valence-corrected chi connectivity index (χ4v) is 3.23. The molecule has 0 amide bonds. The fourth-order valence-electron chi connectivity index (χ4n) is 3.23. The van der Waals surface area contributed by atoms with Crippen molar-refractivity contribution in [3.8, 4) is 0 Å². The van der Waals surface area contributed by atoms with Crippen molar-refractivity contribution >= 4 is 35.6 Å². The molecular formula is C21H36IN7. The third-order valence-corrected chi connectivity index (χ3v) is 4.84. The van der Waals surface area contributed by atoms with Gasteiger partial charge in [0.1, 0.15) is 0 Å². The lowest BCUT2D eigenvalue weighted by atomic mass is 10.1. The van der Waals surface area contributed by atoms with Gasteiger partial charge in [-0.05, 0) is 45.6 Å². The van der Waals surface area contributed by atoms with Gasteiger partial charge in [0, 0.05) is 57.7 Å². The van der Waals surface area contributed by atoms with E-state index in [4.69, 9.17) is 0 Å². The van der Waals surface area contributed by atoms with E-state index in [1.54, 1.807) is 0 Å². The molecule has 0 aliphatic rings. The van der Waals surface area contributed by atoms with Crippen LogP contribution in [0.25, 0.3) is 0 Å². The molecule has 1 heterocycles. The van der Waals surface area contributed by atoms with Crippen LogP contribution in [0, 0.1) is 6.92 Å². The van der Waals surface area contributed by atoms with E-state index < -0.39 is 0 Å². The molecule has 1 aromatic heterocycles. The van der Waals surface area contributed by atoms with Gasteiger partial charge in [-0.3, -0.25) is 9.67 Å². The Bertz CT molecular complexity index is 757. The number of hydrogen-bond acceptors (Lipinski definition) is 4. The summed E-state index contributed by atoms with van der Waals surface area (Å²) in [6, 6.07) is 8.86. The summed E-state index contributed by atoms with van der Waals surface area (Å²) in [6.45, 7) is 7.78. The van der Waals surface area contributed by atoms with E-state index in [0.29, 0.717) is 0 Å². The Kier molecular flexibility index (Phi) is 11.0. The minimum absolute atomic E-state index is 0. The van der Waals surface area contributed by atoms with Crippen molar-refractivity contribution in [1.82, 2.24) is 25.3 Å². The van der Waals surface area contributed by atoms with Crippen molar-refractivity contribution in [2.45, 2.75) is 19.9 Å². The van der Waals surface area contributed by atoms with Crippen LogP contribution in [0.15, 0.2) is 41.7 Å². The Morgan fingerprint density at radius 3 is 2.59 bits per heavy atom. The molecule has 0 spiro atoms. The van der Waals surface area contributed by atoms with Crippen LogP contribution in [0.2, 0.25) is 0 Å². The third-order valence-electron chi connectivity index (χ3n) is 4.84. The van der Waals surface area contributed by atoms with Crippen molar-refractivity contribution in [3.05, 3.63) is 47.8 Å². The van der Waals surface area contributed by atoms with Crippen LogP contribution in [0.4, 0.5) is 5.69 Å². The molecule has 8 heteroatoms. The molecule has 1 aromatic carbocycles. The first-order valence-corrected chi connectivity index (χ1v) is 9.85. The molecule has 1 unspecified atom stereocenters. The summed E-state index contributed by atoms with van der Waals surface area (Å²) >= 11 is 0. The van der Waals surface area contributed by atoms with Crippen LogP contribution >= 0.6 is 24.0 Å². The molecule has 2 aromatic rings. The van der Waals surface area contributed by atoms with Crippen molar-refractivity contribution in [1.29, 1.82) is 0 Å². The zero-order valence-corrected chi connectivity index (χ0v) is 20.8. The summed E-state index contributed by atoms with van der Waals surface area (Å²) < 4.78 is 1.84. The average Bonchev–Trinajstić information content (AvgIpc) is 3.09. The second kappa shape index (κ2) is 12.7. The van der Waals surface area contributed by atoms with E-state index in [-0.39, 0.29) is 30.0 Å². The highest BCUT2D eigenvalue weighted by molar-refractivity contribution is 14.0. The van der Waals surface area contributed by atoms with Gasteiger partial charge < -0.3 is 20.4 Å². The smallest absolute Gasteiger partial charge is 0.191 e. The fraction of sp³-hybridized carbons (Fsp3) is 0.524. The molecule has 7 nitrogen and oxygen atoms in total. The SMILES string of the molecule is CCN(CCNC(=NC)NCC(c1cnn(C)c1)N(C)C)c1cccc(C)c1.I. The lowest BCUT2D eigenvalue weighted by molar-refractivity contribution is 0.298. The van der Waals surface area contributed by atoms with Crippen LogP contribution in [0.3, 0.4) is 0 Å². The van der Waals surface area contributed by atoms with Crippen molar-refractivity contribution in [2.24, 2.45) is 12.0 Å². The molecule has 0 aliphatic heterocycles. The Morgan fingerprint density at radius 2 is 2.03 bits per heavy atom. The Labute approximate surface area is 192 Å². The number of nitrogens with one attached hydrogen (secondary N) is 2. The maximum absolute atomic E-state index is 4.36. The van der Waals surface area contributed by atoms with Crippen molar-refractivity contribution < 1.29 is 0 Å². The number of aryl methyl sites for hydroxylation is 2. The largest absolute Gasteiger partial charge is 0.370 e. The van der Waals surface area contributed by atoms with Gasteiger partial charge in [-0.1, -0.05) is 12.1 Å². The van der Waals surface area contributed by atoms with E-state index in [1.165, 1.54) is 16.8 Å². The van der Waals surface area contributed by atoms with Crippen molar-refractivity contribution in [3.63, 3.8) is 0 Å². The molecule has 29 heavy (non-hydrogen) atoms. The second-order valence-corrected chi connectivity index (χ2v) is 7.23. The number of nitrogens with zero attached hydrogens (tertiary/aromatic N) is 5. The summed E-state index contributed by atoms with van der Waals surface area (Å²) in [4.78, 5) is 8.92. The van der Waals surface area contributed by atoms with Gasteiger partial charge in [-0.15, -0.1) is 24.0 Å². The van der Waals surface area contributed by atoms with E-state index in [1.807, 2.05) is 25.0 Å². The Morgan fingerprint density at radius 1 is 1.28 bits per heavy atom. The number of rotatable bonds is 9. The summed E-state index contributed by atoms with van der Waals surface area (Å²) in [5.41, 5.74) is 3.73. The summed E-state index contributed by atoms with van der Waals surface area (Å²) in [6.07, 6.45) is 3.98. The van der Waals surface area contributed by atoms with Gasteiger partial charge in [-0.2, -0.15) is 5.10 Å². The van der Waals surface area contributed by atoms with Gasteiger partial charge in [0.25, 0.3) is 0 Å². The number of likely N-dealkylation sites (N-methyl/N-ethyl adjacent to an activating group) is 2. The van der Waals surface area contributed by atoms with Crippen LogP contribution in [0.1, 0.15) is 24.1 Å². The molecule has 162 valence electrons. The summed E-state index contributed by atoms with van der Waals surface area (Å²) in [5.74, 6) is 0.816.